The Kier molecular flexibility index (Phi) is 4.42. The van der Waals surface area contributed by atoms with Crippen LogP contribution in [0.2, 0.25) is 0 Å². The van der Waals surface area contributed by atoms with Crippen LogP contribution in [0, 0.1) is 0 Å². The number of quaternary nitrogens is 1. The molecule has 4 nitrogen and oxygen atoms in total. The molecule has 0 aromatic heterocycles. The Hall–Kier alpha value is 0.600. The van der Waals surface area contributed by atoms with Crippen LogP contribution in [0.1, 0.15) is 6.42 Å². The van der Waals surface area contributed by atoms with Crippen molar-refractivity contribution in [2.75, 3.05) is 44.9 Å². The molecular formula is C9H18INO3S. The summed E-state index contributed by atoms with van der Waals surface area (Å²) in [5.74, 6) is 0.760. The van der Waals surface area contributed by atoms with Crippen molar-refractivity contribution in [3.8, 4) is 0 Å². The van der Waals surface area contributed by atoms with Gasteiger partial charge in [-0.25, -0.2) is 8.42 Å². The van der Waals surface area contributed by atoms with Crippen LogP contribution in [0.25, 0.3) is 0 Å². The van der Waals surface area contributed by atoms with Gasteiger partial charge in [0.05, 0.1) is 26.0 Å². The quantitative estimate of drug-likeness (QED) is 0.368. The van der Waals surface area contributed by atoms with Crippen molar-refractivity contribution in [1.29, 1.82) is 0 Å². The molecule has 0 aromatic rings. The van der Waals surface area contributed by atoms with Gasteiger partial charge in [0.25, 0.3) is 0 Å². The first-order valence-electron chi connectivity index (χ1n) is 5.14. The van der Waals surface area contributed by atoms with Gasteiger partial charge in [0.2, 0.25) is 0 Å². The number of likely N-dealkylation sites (N-methyl/N-ethyl adjacent to an activating group) is 1. The normalized spacial score (nSPS) is 33.3. The first kappa shape index (κ1) is 13.7. The molecule has 90 valence electrons. The van der Waals surface area contributed by atoms with Crippen molar-refractivity contribution in [2.45, 2.75) is 12.5 Å². The minimum absolute atomic E-state index is 0. The highest BCUT2D eigenvalue weighted by molar-refractivity contribution is 7.91. The van der Waals surface area contributed by atoms with Crippen molar-refractivity contribution in [3.05, 3.63) is 0 Å². The summed E-state index contributed by atoms with van der Waals surface area (Å²) >= 11 is 0. The van der Waals surface area contributed by atoms with Crippen molar-refractivity contribution in [3.63, 3.8) is 0 Å². The Bertz CT molecular complexity index is 311. The fourth-order valence-electron chi connectivity index (χ4n) is 2.39. The molecule has 2 fully saturated rings. The standard InChI is InChI=1S/C9H18NO3S.HI/c1-10(3-5-13-6-4-10)9-2-7-14(11,12)8-9;/h9H,2-8H2,1H3;1H/q+1;/p-1. The van der Waals surface area contributed by atoms with Crippen LogP contribution in [0.3, 0.4) is 0 Å². The number of sulfone groups is 1. The first-order chi connectivity index (χ1) is 6.52. The van der Waals surface area contributed by atoms with E-state index >= 15 is 0 Å². The molecule has 6 heteroatoms. The monoisotopic (exact) mass is 347 g/mol. The van der Waals surface area contributed by atoms with Gasteiger partial charge in [-0.1, -0.05) is 0 Å². The summed E-state index contributed by atoms with van der Waals surface area (Å²) < 4.78 is 29.0. The highest BCUT2D eigenvalue weighted by Gasteiger charge is 2.42. The Labute approximate surface area is 108 Å². The van der Waals surface area contributed by atoms with Crippen LogP contribution in [-0.4, -0.2) is 63.8 Å². The van der Waals surface area contributed by atoms with E-state index in [-0.39, 0.29) is 24.0 Å². The minimum atomic E-state index is -2.74. The zero-order valence-corrected chi connectivity index (χ0v) is 12.0. The second-order valence-corrected chi connectivity index (χ2v) is 6.82. The summed E-state index contributed by atoms with van der Waals surface area (Å²) in [4.78, 5) is 0. The number of nitrogens with zero attached hydrogens (tertiary/aromatic N) is 1. The Morgan fingerprint density at radius 2 is 1.87 bits per heavy atom. The molecule has 2 heterocycles. The van der Waals surface area contributed by atoms with Gasteiger partial charge < -0.3 is 33.2 Å². The predicted molar refractivity (Wildman–Crippen MR) is 53.8 cm³/mol. The maximum absolute atomic E-state index is 11.4. The smallest absolute Gasteiger partial charge is 0.156 e. The van der Waals surface area contributed by atoms with Gasteiger partial charge in [-0.2, -0.15) is 0 Å². The van der Waals surface area contributed by atoms with Crippen LogP contribution in [0.4, 0.5) is 0 Å². The first-order valence-corrected chi connectivity index (χ1v) is 6.96. The summed E-state index contributed by atoms with van der Waals surface area (Å²) in [5.41, 5.74) is 0. The third-order valence-electron chi connectivity index (χ3n) is 3.58. The maximum Gasteiger partial charge on any atom is 0.156 e. The van der Waals surface area contributed by atoms with E-state index in [2.05, 4.69) is 7.05 Å². The van der Waals surface area contributed by atoms with E-state index in [1.165, 1.54) is 0 Å². The van der Waals surface area contributed by atoms with Crippen LogP contribution >= 0.6 is 0 Å². The van der Waals surface area contributed by atoms with E-state index in [1.807, 2.05) is 0 Å². The number of morpholine rings is 1. The van der Waals surface area contributed by atoms with Crippen LogP contribution in [0.15, 0.2) is 0 Å². The summed E-state index contributed by atoms with van der Waals surface area (Å²) in [7, 11) is -0.579. The van der Waals surface area contributed by atoms with Crippen molar-refractivity contribution >= 4 is 9.84 Å². The minimum Gasteiger partial charge on any atom is -1.00 e. The molecule has 1 atom stereocenters. The van der Waals surface area contributed by atoms with E-state index in [0.29, 0.717) is 17.5 Å². The Morgan fingerprint density at radius 1 is 1.27 bits per heavy atom. The third kappa shape index (κ3) is 3.04. The molecule has 0 spiro atoms. The van der Waals surface area contributed by atoms with Gasteiger partial charge >= 0.3 is 0 Å². The molecule has 1 unspecified atom stereocenters. The van der Waals surface area contributed by atoms with Gasteiger partial charge in [-0.3, -0.25) is 0 Å². The number of rotatable bonds is 1. The summed E-state index contributed by atoms with van der Waals surface area (Å²) in [6.07, 6.45) is 0.832. The molecule has 0 saturated carbocycles. The van der Waals surface area contributed by atoms with Gasteiger partial charge in [0.15, 0.2) is 9.84 Å². The lowest BCUT2D eigenvalue weighted by Crippen LogP contribution is -3.00. The summed E-state index contributed by atoms with van der Waals surface area (Å²) in [6, 6.07) is 0.309. The fraction of sp³-hybridized carbons (Fsp3) is 1.00. The molecule has 2 aliphatic heterocycles. The zero-order valence-electron chi connectivity index (χ0n) is 8.99. The molecule has 0 N–H and O–H groups in total. The van der Waals surface area contributed by atoms with Gasteiger partial charge in [-0.05, 0) is 0 Å². The topological polar surface area (TPSA) is 43.4 Å². The fourth-order valence-corrected chi connectivity index (χ4v) is 4.30. The second-order valence-electron chi connectivity index (χ2n) is 4.60. The molecule has 0 bridgehead atoms. The molecule has 0 aromatic carbocycles. The van der Waals surface area contributed by atoms with Crippen molar-refractivity contribution < 1.29 is 41.6 Å². The summed E-state index contributed by atoms with van der Waals surface area (Å²) in [6.45, 7) is 3.46. The van der Waals surface area contributed by atoms with E-state index in [9.17, 15) is 8.42 Å². The number of halogens is 1. The predicted octanol–water partition coefficient (Wildman–Crippen LogP) is -3.35. The molecule has 15 heavy (non-hydrogen) atoms. The highest BCUT2D eigenvalue weighted by Crippen LogP contribution is 2.24. The average Bonchev–Trinajstić information content (AvgIpc) is 2.48. The molecule has 2 saturated heterocycles. The Morgan fingerprint density at radius 3 is 2.33 bits per heavy atom. The lowest BCUT2D eigenvalue weighted by atomic mass is 10.1. The van der Waals surface area contributed by atoms with E-state index in [1.54, 1.807) is 0 Å². The summed E-state index contributed by atoms with van der Waals surface area (Å²) in [5, 5.41) is 0. The number of ether oxygens (including phenoxy) is 1. The van der Waals surface area contributed by atoms with E-state index in [4.69, 9.17) is 4.74 Å². The number of hydrogen-bond acceptors (Lipinski definition) is 3. The lowest BCUT2D eigenvalue weighted by Gasteiger charge is -2.42. The SMILES string of the molecule is C[N+]1(C2CCS(=O)(=O)C2)CCOCC1.[I-]. The number of hydrogen-bond donors (Lipinski definition) is 0. The molecule has 0 radical (unpaired) electrons. The van der Waals surface area contributed by atoms with Crippen molar-refractivity contribution in [1.82, 2.24) is 0 Å². The molecule has 2 aliphatic rings. The van der Waals surface area contributed by atoms with Gasteiger partial charge in [0, 0.05) is 6.42 Å². The van der Waals surface area contributed by atoms with E-state index in [0.717, 1.165) is 37.2 Å². The third-order valence-corrected chi connectivity index (χ3v) is 5.33. The second kappa shape index (κ2) is 4.85. The zero-order chi connectivity index (χ0) is 10.2. The molecule has 0 aliphatic carbocycles. The van der Waals surface area contributed by atoms with Crippen LogP contribution < -0.4 is 24.0 Å². The molecular weight excluding hydrogens is 329 g/mol. The van der Waals surface area contributed by atoms with Crippen LogP contribution in [-0.2, 0) is 14.6 Å². The maximum atomic E-state index is 11.4. The van der Waals surface area contributed by atoms with E-state index < -0.39 is 9.84 Å². The highest BCUT2D eigenvalue weighted by atomic mass is 127. The lowest BCUT2D eigenvalue weighted by molar-refractivity contribution is -0.937. The largest absolute Gasteiger partial charge is 1.00 e. The Balaban J connectivity index is 0.00000112. The van der Waals surface area contributed by atoms with Crippen molar-refractivity contribution in [2.24, 2.45) is 0 Å². The average molecular weight is 347 g/mol. The van der Waals surface area contributed by atoms with Crippen LogP contribution in [0.5, 0.6) is 0 Å². The molecule has 0 amide bonds. The van der Waals surface area contributed by atoms with Gasteiger partial charge in [0.1, 0.15) is 24.9 Å². The molecule has 2 rings (SSSR count). The van der Waals surface area contributed by atoms with Gasteiger partial charge in [-0.15, -0.1) is 0 Å².